The Morgan fingerprint density at radius 2 is 1.63 bits per heavy atom. The van der Waals surface area contributed by atoms with Crippen LogP contribution in [0.5, 0.6) is 0 Å². The van der Waals surface area contributed by atoms with Gasteiger partial charge in [-0.2, -0.15) is 0 Å². The zero-order valence-electron chi connectivity index (χ0n) is 16.4. The first kappa shape index (κ1) is 19.6. The van der Waals surface area contributed by atoms with Crippen LogP contribution in [0, 0.1) is 0 Å². The second-order valence-corrected chi connectivity index (χ2v) is 6.97. The average molecular weight is 402 g/mol. The Balaban J connectivity index is 1.46. The number of primary amides is 1. The molecule has 7 nitrogen and oxygen atoms in total. The average Bonchev–Trinajstić information content (AvgIpc) is 2.80. The molecule has 3 aromatic rings. The van der Waals surface area contributed by atoms with E-state index in [1.54, 1.807) is 42.6 Å². The van der Waals surface area contributed by atoms with Gasteiger partial charge in [-0.3, -0.25) is 14.6 Å². The van der Waals surface area contributed by atoms with E-state index in [4.69, 9.17) is 10.5 Å². The number of hydrogen-bond acceptors (Lipinski definition) is 5. The summed E-state index contributed by atoms with van der Waals surface area (Å²) >= 11 is 0. The summed E-state index contributed by atoms with van der Waals surface area (Å²) in [6, 6.07) is 18.0. The van der Waals surface area contributed by atoms with Gasteiger partial charge in [0, 0.05) is 47.4 Å². The molecule has 7 heteroatoms. The molecule has 0 spiro atoms. The van der Waals surface area contributed by atoms with E-state index in [0.29, 0.717) is 16.8 Å². The number of nitrogens with zero attached hydrogens (tertiary/aromatic N) is 2. The molecule has 1 aliphatic heterocycles. The Morgan fingerprint density at radius 3 is 2.30 bits per heavy atom. The van der Waals surface area contributed by atoms with Gasteiger partial charge in [0.25, 0.3) is 5.91 Å². The third kappa shape index (κ3) is 4.47. The highest BCUT2D eigenvalue weighted by atomic mass is 16.5. The van der Waals surface area contributed by atoms with E-state index in [1.165, 1.54) is 0 Å². The molecule has 0 saturated carbocycles. The number of rotatable bonds is 5. The van der Waals surface area contributed by atoms with Crippen LogP contribution >= 0.6 is 0 Å². The lowest BCUT2D eigenvalue weighted by Gasteiger charge is -2.28. The molecule has 0 unspecified atom stereocenters. The molecule has 0 aliphatic carbocycles. The van der Waals surface area contributed by atoms with Gasteiger partial charge in [-0.25, -0.2) is 0 Å². The third-order valence-electron chi connectivity index (χ3n) is 4.99. The smallest absolute Gasteiger partial charge is 0.255 e. The number of anilines is 2. The van der Waals surface area contributed by atoms with Crippen molar-refractivity contribution in [1.82, 2.24) is 4.98 Å². The lowest BCUT2D eigenvalue weighted by molar-refractivity contribution is 0.0997. The van der Waals surface area contributed by atoms with Crippen molar-refractivity contribution in [2.24, 2.45) is 5.73 Å². The molecule has 2 amide bonds. The fraction of sp³-hybridized carbons (Fsp3) is 0.174. The van der Waals surface area contributed by atoms with Gasteiger partial charge >= 0.3 is 0 Å². The maximum Gasteiger partial charge on any atom is 0.255 e. The lowest BCUT2D eigenvalue weighted by atomic mass is 10.1. The first-order valence-corrected chi connectivity index (χ1v) is 9.70. The second kappa shape index (κ2) is 8.75. The molecule has 0 radical (unpaired) electrons. The molecule has 1 aromatic heterocycles. The number of morpholine rings is 1. The Kier molecular flexibility index (Phi) is 5.72. The van der Waals surface area contributed by atoms with Crippen LogP contribution in [0.4, 0.5) is 11.4 Å². The molecule has 1 saturated heterocycles. The summed E-state index contributed by atoms with van der Waals surface area (Å²) < 4.78 is 5.38. The van der Waals surface area contributed by atoms with Crippen LogP contribution in [0.25, 0.3) is 11.3 Å². The van der Waals surface area contributed by atoms with Crippen molar-refractivity contribution in [2.75, 3.05) is 36.5 Å². The summed E-state index contributed by atoms with van der Waals surface area (Å²) in [5, 5.41) is 2.92. The van der Waals surface area contributed by atoms with E-state index in [-0.39, 0.29) is 5.91 Å². The van der Waals surface area contributed by atoms with Gasteiger partial charge in [-0.15, -0.1) is 0 Å². The second-order valence-electron chi connectivity index (χ2n) is 6.97. The van der Waals surface area contributed by atoms with Crippen LogP contribution < -0.4 is 16.0 Å². The number of carbonyl (C=O) groups excluding carboxylic acids is 2. The number of hydrogen-bond donors (Lipinski definition) is 2. The Labute approximate surface area is 174 Å². The number of pyridine rings is 1. The van der Waals surface area contributed by atoms with Crippen LogP contribution in [-0.2, 0) is 4.74 Å². The standard InChI is InChI=1S/C23H22N4O3/c24-22(28)17-3-1-16(2-4-17)21-15-18(9-10-25-21)23(29)26-19-5-7-20(8-6-19)27-11-13-30-14-12-27/h1-10,15H,11-14H2,(H2,24,28)(H,26,29). The fourth-order valence-electron chi connectivity index (χ4n) is 3.32. The molecule has 152 valence electrons. The number of amides is 2. The molecule has 4 rings (SSSR count). The Bertz CT molecular complexity index is 1040. The summed E-state index contributed by atoms with van der Waals surface area (Å²) in [5.41, 5.74) is 9.47. The molecule has 2 heterocycles. The SMILES string of the molecule is NC(=O)c1ccc(-c2cc(C(=O)Nc3ccc(N4CCOCC4)cc3)ccn2)cc1. The monoisotopic (exact) mass is 402 g/mol. The lowest BCUT2D eigenvalue weighted by Crippen LogP contribution is -2.36. The van der Waals surface area contributed by atoms with Gasteiger partial charge in [0.2, 0.25) is 5.91 Å². The van der Waals surface area contributed by atoms with Crippen molar-refractivity contribution in [3.63, 3.8) is 0 Å². The van der Waals surface area contributed by atoms with E-state index in [0.717, 1.165) is 43.2 Å². The van der Waals surface area contributed by atoms with Crippen LogP contribution in [0.2, 0.25) is 0 Å². The number of ether oxygens (including phenoxy) is 1. The number of aromatic nitrogens is 1. The van der Waals surface area contributed by atoms with Crippen molar-refractivity contribution in [3.8, 4) is 11.3 Å². The van der Waals surface area contributed by atoms with Crippen molar-refractivity contribution in [3.05, 3.63) is 78.0 Å². The number of nitrogens with one attached hydrogen (secondary N) is 1. The topological polar surface area (TPSA) is 97.5 Å². The normalized spacial score (nSPS) is 13.7. The summed E-state index contributed by atoms with van der Waals surface area (Å²) in [6.45, 7) is 3.19. The minimum Gasteiger partial charge on any atom is -0.378 e. The van der Waals surface area contributed by atoms with Crippen molar-refractivity contribution in [2.45, 2.75) is 0 Å². The highest BCUT2D eigenvalue weighted by Crippen LogP contribution is 2.21. The number of nitrogens with two attached hydrogens (primary N) is 1. The van der Waals surface area contributed by atoms with Gasteiger partial charge in [-0.1, -0.05) is 12.1 Å². The number of benzene rings is 2. The molecule has 0 atom stereocenters. The van der Waals surface area contributed by atoms with E-state index in [9.17, 15) is 9.59 Å². The molecule has 2 aromatic carbocycles. The van der Waals surface area contributed by atoms with Crippen molar-refractivity contribution in [1.29, 1.82) is 0 Å². The minimum atomic E-state index is -0.484. The molecular formula is C23H22N4O3. The maximum atomic E-state index is 12.7. The number of carbonyl (C=O) groups is 2. The Hall–Kier alpha value is -3.71. The zero-order chi connectivity index (χ0) is 20.9. The Morgan fingerprint density at radius 1 is 0.933 bits per heavy atom. The van der Waals surface area contributed by atoms with Gasteiger partial charge in [0.05, 0.1) is 18.9 Å². The van der Waals surface area contributed by atoms with E-state index < -0.39 is 5.91 Å². The van der Waals surface area contributed by atoms with Gasteiger partial charge < -0.3 is 20.7 Å². The van der Waals surface area contributed by atoms with Gasteiger partial charge in [0.1, 0.15) is 0 Å². The molecule has 1 fully saturated rings. The highest BCUT2D eigenvalue weighted by molar-refractivity contribution is 6.04. The summed E-state index contributed by atoms with van der Waals surface area (Å²) in [5.74, 6) is -0.700. The summed E-state index contributed by atoms with van der Waals surface area (Å²) in [6.07, 6.45) is 1.59. The molecule has 1 aliphatic rings. The molecular weight excluding hydrogens is 380 g/mol. The van der Waals surface area contributed by atoms with Crippen LogP contribution in [0.1, 0.15) is 20.7 Å². The van der Waals surface area contributed by atoms with E-state index in [1.807, 2.05) is 24.3 Å². The van der Waals surface area contributed by atoms with Crippen LogP contribution in [0.15, 0.2) is 66.9 Å². The van der Waals surface area contributed by atoms with Crippen LogP contribution in [-0.4, -0.2) is 43.1 Å². The highest BCUT2D eigenvalue weighted by Gasteiger charge is 2.12. The molecule has 3 N–H and O–H groups in total. The van der Waals surface area contributed by atoms with Gasteiger partial charge in [0.15, 0.2) is 0 Å². The minimum absolute atomic E-state index is 0.216. The largest absolute Gasteiger partial charge is 0.378 e. The maximum absolute atomic E-state index is 12.7. The third-order valence-corrected chi connectivity index (χ3v) is 4.99. The fourth-order valence-corrected chi connectivity index (χ4v) is 3.32. The van der Waals surface area contributed by atoms with Crippen molar-refractivity contribution >= 4 is 23.2 Å². The van der Waals surface area contributed by atoms with Gasteiger partial charge in [-0.05, 0) is 48.5 Å². The molecule has 0 bridgehead atoms. The molecule has 30 heavy (non-hydrogen) atoms. The first-order chi connectivity index (χ1) is 14.6. The zero-order valence-corrected chi connectivity index (χ0v) is 16.4. The van der Waals surface area contributed by atoms with Crippen LogP contribution in [0.3, 0.4) is 0 Å². The summed E-state index contributed by atoms with van der Waals surface area (Å²) in [4.78, 5) is 30.5. The van der Waals surface area contributed by atoms with Crippen molar-refractivity contribution < 1.29 is 14.3 Å². The first-order valence-electron chi connectivity index (χ1n) is 9.70. The predicted molar refractivity (Wildman–Crippen MR) is 116 cm³/mol. The van der Waals surface area contributed by atoms with E-state index in [2.05, 4.69) is 15.2 Å². The summed E-state index contributed by atoms with van der Waals surface area (Å²) in [7, 11) is 0. The quantitative estimate of drug-likeness (QED) is 0.684. The predicted octanol–water partition coefficient (Wildman–Crippen LogP) is 2.94. The van der Waals surface area contributed by atoms with E-state index >= 15 is 0 Å².